The Bertz CT molecular complexity index is 332. The van der Waals surface area contributed by atoms with Crippen LogP contribution < -0.4 is 0 Å². The number of rotatable bonds is 1. The smallest absolute Gasteiger partial charge is 0.292 e. The predicted molar refractivity (Wildman–Crippen MR) is 46.4 cm³/mol. The molecule has 1 aromatic heterocycles. The van der Waals surface area contributed by atoms with Crippen molar-refractivity contribution in [3.05, 3.63) is 17.5 Å². The van der Waals surface area contributed by atoms with Crippen LogP contribution in [0.4, 0.5) is 0 Å². The van der Waals surface area contributed by atoms with Crippen LogP contribution in [0.1, 0.15) is 29.6 Å². The third kappa shape index (κ3) is 1.32. The van der Waals surface area contributed by atoms with Crippen molar-refractivity contribution >= 4 is 5.91 Å². The van der Waals surface area contributed by atoms with Gasteiger partial charge < -0.3 is 9.42 Å². The summed E-state index contributed by atoms with van der Waals surface area (Å²) >= 11 is 0. The van der Waals surface area contributed by atoms with Gasteiger partial charge >= 0.3 is 0 Å². The van der Waals surface area contributed by atoms with E-state index in [9.17, 15) is 4.79 Å². The number of aryl methyl sites for hydroxylation is 1. The number of hydrogen-bond donors (Lipinski definition) is 0. The third-order valence-electron chi connectivity index (χ3n) is 2.42. The number of carbonyl (C=O) groups is 1. The van der Waals surface area contributed by atoms with Gasteiger partial charge in [-0.2, -0.15) is 0 Å². The average Bonchev–Trinajstić information content (AvgIpc) is 2.49. The van der Waals surface area contributed by atoms with E-state index in [1.54, 1.807) is 17.9 Å². The maximum absolute atomic E-state index is 11.6. The summed E-state index contributed by atoms with van der Waals surface area (Å²) in [4.78, 5) is 13.4. The molecule has 1 fully saturated rings. The molecule has 0 saturated carbocycles. The van der Waals surface area contributed by atoms with E-state index >= 15 is 0 Å². The zero-order valence-corrected chi connectivity index (χ0v) is 7.78. The second-order valence-corrected chi connectivity index (χ2v) is 3.47. The van der Waals surface area contributed by atoms with Gasteiger partial charge in [-0.3, -0.25) is 4.79 Å². The van der Waals surface area contributed by atoms with E-state index in [2.05, 4.69) is 5.16 Å². The number of likely N-dealkylation sites (tertiary alicyclic amines) is 1. The largest absolute Gasteiger partial charge is 0.351 e. The predicted octanol–water partition coefficient (Wildman–Crippen LogP) is 1.22. The van der Waals surface area contributed by atoms with Crippen molar-refractivity contribution in [3.8, 4) is 0 Å². The highest BCUT2D eigenvalue weighted by Gasteiger charge is 2.30. The summed E-state index contributed by atoms with van der Waals surface area (Å²) in [5.41, 5.74) is 0.747. The summed E-state index contributed by atoms with van der Waals surface area (Å²) in [6.45, 7) is 4.67. The highest BCUT2D eigenvalue weighted by Crippen LogP contribution is 2.19. The van der Waals surface area contributed by atoms with Gasteiger partial charge in [-0.15, -0.1) is 0 Å². The monoisotopic (exact) mass is 180 g/mol. The third-order valence-corrected chi connectivity index (χ3v) is 2.42. The van der Waals surface area contributed by atoms with Crippen LogP contribution in [0.3, 0.4) is 0 Å². The van der Waals surface area contributed by atoms with Crippen LogP contribution in [0.5, 0.6) is 0 Å². The summed E-state index contributed by atoms with van der Waals surface area (Å²) in [5, 5.41) is 3.68. The molecule has 13 heavy (non-hydrogen) atoms. The van der Waals surface area contributed by atoms with E-state index in [1.165, 1.54) is 0 Å². The second kappa shape index (κ2) is 2.87. The van der Waals surface area contributed by atoms with Gasteiger partial charge in [0, 0.05) is 18.7 Å². The average molecular weight is 180 g/mol. The van der Waals surface area contributed by atoms with Crippen molar-refractivity contribution < 1.29 is 9.32 Å². The molecule has 0 spiro atoms. The van der Waals surface area contributed by atoms with Gasteiger partial charge in [0.15, 0.2) is 0 Å². The lowest BCUT2D eigenvalue weighted by Gasteiger charge is -2.37. The molecule has 0 aromatic carbocycles. The number of nitrogens with zero attached hydrogens (tertiary/aromatic N) is 2. The van der Waals surface area contributed by atoms with Crippen LogP contribution in [0.15, 0.2) is 10.6 Å². The Morgan fingerprint density at radius 1 is 1.77 bits per heavy atom. The van der Waals surface area contributed by atoms with Crippen molar-refractivity contribution in [1.82, 2.24) is 10.1 Å². The Balaban J connectivity index is 2.13. The fourth-order valence-electron chi connectivity index (χ4n) is 1.42. The maximum Gasteiger partial charge on any atom is 0.292 e. The SMILES string of the molecule is Cc1cc(C(=O)N2CCC2C)on1. The summed E-state index contributed by atoms with van der Waals surface area (Å²) in [6, 6.07) is 2.02. The van der Waals surface area contributed by atoms with Crippen LogP contribution in [0, 0.1) is 6.92 Å². The van der Waals surface area contributed by atoms with Gasteiger partial charge in [0.05, 0.1) is 5.69 Å². The van der Waals surface area contributed by atoms with Crippen LogP contribution in [0.2, 0.25) is 0 Å². The van der Waals surface area contributed by atoms with E-state index in [-0.39, 0.29) is 5.91 Å². The van der Waals surface area contributed by atoms with Crippen molar-refractivity contribution in [2.75, 3.05) is 6.54 Å². The van der Waals surface area contributed by atoms with Gasteiger partial charge in [0.2, 0.25) is 5.76 Å². The van der Waals surface area contributed by atoms with E-state index in [4.69, 9.17) is 4.52 Å². The molecule has 70 valence electrons. The first-order chi connectivity index (χ1) is 6.18. The highest BCUT2D eigenvalue weighted by molar-refractivity contribution is 5.92. The first-order valence-corrected chi connectivity index (χ1v) is 4.43. The van der Waals surface area contributed by atoms with Crippen LogP contribution in [-0.4, -0.2) is 28.6 Å². The van der Waals surface area contributed by atoms with Gasteiger partial charge in [-0.05, 0) is 20.3 Å². The molecule has 1 aliphatic heterocycles. The van der Waals surface area contributed by atoms with Crippen molar-refractivity contribution in [2.24, 2.45) is 0 Å². The first kappa shape index (κ1) is 8.29. The molecule has 1 unspecified atom stereocenters. The zero-order chi connectivity index (χ0) is 9.42. The molecule has 0 bridgehead atoms. The molecule has 0 aliphatic carbocycles. The van der Waals surface area contributed by atoms with Gasteiger partial charge in [0.1, 0.15) is 0 Å². The van der Waals surface area contributed by atoms with Crippen molar-refractivity contribution in [2.45, 2.75) is 26.3 Å². The molecule has 4 heteroatoms. The molecular formula is C9H12N2O2. The zero-order valence-electron chi connectivity index (χ0n) is 7.78. The molecule has 2 heterocycles. The normalized spacial score (nSPS) is 21.4. The number of amides is 1. The van der Waals surface area contributed by atoms with Crippen LogP contribution in [0.25, 0.3) is 0 Å². The first-order valence-electron chi connectivity index (χ1n) is 4.43. The van der Waals surface area contributed by atoms with Gasteiger partial charge in [-0.25, -0.2) is 0 Å². The number of carbonyl (C=O) groups excluding carboxylic acids is 1. The van der Waals surface area contributed by atoms with E-state index in [1.807, 2.05) is 6.92 Å². The Labute approximate surface area is 76.5 Å². The van der Waals surface area contributed by atoms with Crippen molar-refractivity contribution in [3.63, 3.8) is 0 Å². The van der Waals surface area contributed by atoms with E-state index in [0.29, 0.717) is 11.8 Å². The minimum absolute atomic E-state index is 0.0423. The quantitative estimate of drug-likeness (QED) is 0.652. The Morgan fingerprint density at radius 3 is 2.92 bits per heavy atom. The van der Waals surface area contributed by atoms with Crippen LogP contribution in [-0.2, 0) is 0 Å². The molecule has 4 nitrogen and oxygen atoms in total. The molecule has 0 radical (unpaired) electrons. The summed E-state index contributed by atoms with van der Waals surface area (Å²) in [7, 11) is 0. The molecule has 1 amide bonds. The number of hydrogen-bond acceptors (Lipinski definition) is 3. The van der Waals surface area contributed by atoms with Gasteiger partial charge in [0.25, 0.3) is 5.91 Å². The molecule has 1 aliphatic rings. The fraction of sp³-hybridized carbons (Fsp3) is 0.556. The topological polar surface area (TPSA) is 46.3 Å². The van der Waals surface area contributed by atoms with Crippen LogP contribution >= 0.6 is 0 Å². The summed E-state index contributed by atoms with van der Waals surface area (Å²) in [5.74, 6) is 0.309. The Hall–Kier alpha value is -1.32. The van der Waals surface area contributed by atoms with Gasteiger partial charge in [-0.1, -0.05) is 5.16 Å². The lowest BCUT2D eigenvalue weighted by molar-refractivity contribution is 0.0460. The molecular weight excluding hydrogens is 168 g/mol. The standard InChI is InChI=1S/C9H12N2O2/c1-6-5-8(13-10-6)9(12)11-4-3-7(11)2/h5,7H,3-4H2,1-2H3. The Morgan fingerprint density at radius 2 is 2.54 bits per heavy atom. The summed E-state index contributed by atoms with van der Waals surface area (Å²) < 4.78 is 4.89. The lowest BCUT2D eigenvalue weighted by atomic mass is 10.1. The van der Waals surface area contributed by atoms with Crippen molar-refractivity contribution in [1.29, 1.82) is 0 Å². The molecule has 1 aromatic rings. The lowest BCUT2D eigenvalue weighted by Crippen LogP contribution is -2.49. The minimum Gasteiger partial charge on any atom is -0.351 e. The fourth-order valence-corrected chi connectivity index (χ4v) is 1.42. The van der Waals surface area contributed by atoms with E-state index < -0.39 is 0 Å². The van der Waals surface area contributed by atoms with E-state index in [0.717, 1.165) is 18.7 Å². The minimum atomic E-state index is -0.0423. The molecule has 0 N–H and O–H groups in total. The molecule has 2 rings (SSSR count). The molecule has 1 atom stereocenters. The number of aromatic nitrogens is 1. The summed E-state index contributed by atoms with van der Waals surface area (Å²) in [6.07, 6.45) is 1.08. The second-order valence-electron chi connectivity index (χ2n) is 3.47. The Kier molecular flexibility index (Phi) is 1.83. The highest BCUT2D eigenvalue weighted by atomic mass is 16.5. The molecule has 1 saturated heterocycles. The maximum atomic E-state index is 11.6.